The summed E-state index contributed by atoms with van der Waals surface area (Å²) in [5.74, 6) is -6.08. The molecule has 1 fully saturated rings. The summed E-state index contributed by atoms with van der Waals surface area (Å²) in [7, 11) is -3.87. The zero-order valence-electron chi connectivity index (χ0n) is 20.6. The molecule has 4 N–H and O–H groups in total. The molecule has 0 saturated carbocycles. The van der Waals surface area contributed by atoms with Crippen molar-refractivity contribution in [3.8, 4) is 0 Å². The van der Waals surface area contributed by atoms with E-state index in [1.54, 1.807) is 4.90 Å². The maximum absolute atomic E-state index is 14.7. The average Bonchev–Trinajstić information content (AvgIpc) is 3.46. The van der Waals surface area contributed by atoms with Crippen LogP contribution < -0.4 is 15.8 Å². The van der Waals surface area contributed by atoms with E-state index in [1.807, 2.05) is 4.72 Å². The van der Waals surface area contributed by atoms with Crippen LogP contribution in [0.3, 0.4) is 0 Å². The van der Waals surface area contributed by atoms with Gasteiger partial charge in [0.25, 0.3) is 5.91 Å². The number of anilines is 1. The summed E-state index contributed by atoms with van der Waals surface area (Å²) < 4.78 is 81.0. The van der Waals surface area contributed by atoms with Crippen LogP contribution in [0, 0.1) is 23.3 Å². The predicted octanol–water partition coefficient (Wildman–Crippen LogP) is 2.78. The molecule has 0 spiro atoms. The van der Waals surface area contributed by atoms with Crippen molar-refractivity contribution in [2.75, 3.05) is 24.1 Å². The van der Waals surface area contributed by atoms with Crippen molar-refractivity contribution < 1.29 is 35.6 Å². The number of carbonyl (C=O) groups excluding carboxylic acids is 2. The van der Waals surface area contributed by atoms with Crippen molar-refractivity contribution >= 4 is 27.5 Å². The molecule has 206 valence electrons. The molecule has 1 heterocycles. The second kappa shape index (κ2) is 10.9. The lowest BCUT2D eigenvalue weighted by atomic mass is 9.91. The molecule has 2 aromatic rings. The molecular weight excluding hydrogens is 528 g/mol. The number of rotatable bonds is 8. The van der Waals surface area contributed by atoms with Crippen LogP contribution in [-0.4, -0.2) is 56.6 Å². The highest BCUT2D eigenvalue weighted by Gasteiger charge is 2.34. The molecular formula is C25H28F4N4O4S. The Balaban J connectivity index is 1.39. The number of halogens is 4. The zero-order chi connectivity index (χ0) is 27.8. The maximum atomic E-state index is 14.7. The van der Waals surface area contributed by atoms with E-state index >= 15 is 0 Å². The number of sulfonamides is 1. The molecule has 0 bridgehead atoms. The molecule has 1 saturated heterocycles. The molecule has 0 aromatic heterocycles. The van der Waals surface area contributed by atoms with Crippen LogP contribution in [-0.2, 0) is 21.2 Å². The first-order valence-corrected chi connectivity index (χ1v) is 14.0. The van der Waals surface area contributed by atoms with Gasteiger partial charge in [0, 0.05) is 37.5 Å². The van der Waals surface area contributed by atoms with Gasteiger partial charge in [0.15, 0.2) is 17.5 Å². The van der Waals surface area contributed by atoms with Crippen molar-refractivity contribution in [2.45, 2.75) is 50.1 Å². The fraction of sp³-hybridized carbons (Fsp3) is 0.440. The Morgan fingerprint density at radius 2 is 1.82 bits per heavy atom. The monoisotopic (exact) mass is 556 g/mol. The third kappa shape index (κ3) is 5.93. The Labute approximate surface area is 217 Å². The Bertz CT molecular complexity index is 1370. The van der Waals surface area contributed by atoms with Crippen molar-refractivity contribution in [1.29, 1.82) is 0 Å². The van der Waals surface area contributed by atoms with Gasteiger partial charge in [0.05, 0.1) is 11.9 Å². The van der Waals surface area contributed by atoms with Crippen molar-refractivity contribution in [1.82, 2.24) is 10.2 Å². The number of hydrogen-bond acceptors (Lipinski definition) is 5. The van der Waals surface area contributed by atoms with E-state index in [9.17, 15) is 35.6 Å². The van der Waals surface area contributed by atoms with Crippen molar-refractivity contribution in [3.05, 3.63) is 64.2 Å². The minimum atomic E-state index is -3.87. The minimum Gasteiger partial charge on any atom is -0.350 e. The van der Waals surface area contributed by atoms with Gasteiger partial charge in [-0.3, -0.25) is 14.3 Å². The van der Waals surface area contributed by atoms with Crippen molar-refractivity contribution in [3.63, 3.8) is 0 Å². The van der Waals surface area contributed by atoms with Gasteiger partial charge in [-0.2, -0.15) is 0 Å². The highest BCUT2D eigenvalue weighted by Crippen LogP contribution is 2.37. The van der Waals surface area contributed by atoms with Gasteiger partial charge in [-0.05, 0) is 61.1 Å². The number of fused-ring (bicyclic) bond motifs is 1. The Hall–Kier alpha value is -3.19. The van der Waals surface area contributed by atoms with Crippen molar-refractivity contribution in [2.24, 2.45) is 5.73 Å². The van der Waals surface area contributed by atoms with Crippen LogP contribution in [0.15, 0.2) is 24.3 Å². The third-order valence-electron chi connectivity index (χ3n) is 7.04. The Kier molecular flexibility index (Phi) is 7.98. The quantitative estimate of drug-likeness (QED) is 0.432. The molecule has 13 heteroatoms. The highest BCUT2D eigenvalue weighted by molar-refractivity contribution is 7.92. The second-order valence-corrected chi connectivity index (χ2v) is 11.5. The molecule has 2 amide bonds. The fourth-order valence-electron chi connectivity index (χ4n) is 5.25. The first-order chi connectivity index (χ1) is 17.9. The van der Waals surface area contributed by atoms with Gasteiger partial charge in [-0.25, -0.2) is 26.0 Å². The summed E-state index contributed by atoms with van der Waals surface area (Å²) in [6.07, 6.45) is 3.03. The number of nitrogens with zero attached hydrogens (tertiary/aromatic N) is 1. The Morgan fingerprint density at radius 3 is 2.53 bits per heavy atom. The lowest BCUT2D eigenvalue weighted by Gasteiger charge is -2.28. The number of likely N-dealkylation sites (tertiary alicyclic amines) is 1. The molecule has 1 aliphatic heterocycles. The lowest BCUT2D eigenvalue weighted by Crippen LogP contribution is -2.45. The lowest BCUT2D eigenvalue weighted by molar-refractivity contribution is -0.132. The number of aryl methyl sites for hydroxylation is 1. The number of nitrogens with two attached hydrogens (primary N) is 1. The SMILES string of the molecule is CS(=O)(=O)Nc1ccc(F)c(C(=O)NCC2CCCN2C(=O)CC(N)C2CCc3cc(F)c(F)cc32)c1F. The van der Waals surface area contributed by atoms with Gasteiger partial charge in [-0.15, -0.1) is 0 Å². The normalized spacial score (nSPS) is 19.8. The van der Waals surface area contributed by atoms with E-state index in [1.165, 1.54) is 0 Å². The minimum absolute atomic E-state index is 0.0456. The number of benzene rings is 2. The summed E-state index contributed by atoms with van der Waals surface area (Å²) in [6, 6.07) is 2.88. The summed E-state index contributed by atoms with van der Waals surface area (Å²) in [4.78, 5) is 27.2. The molecule has 3 unspecified atom stereocenters. The standard InChI is InChI=1S/C25H28F4N4O4S/c1-38(36,37)32-21-7-6-17(26)23(24(21)29)25(35)31-12-14-3-2-8-33(14)22(34)11-20(30)15-5-4-13-9-18(27)19(28)10-16(13)15/h6-7,9-10,14-15,20,32H,2-5,8,11-12,30H2,1H3,(H,31,35). The van der Waals surface area contributed by atoms with E-state index in [0.717, 1.165) is 30.5 Å². The molecule has 2 aliphatic rings. The molecule has 38 heavy (non-hydrogen) atoms. The van der Waals surface area contributed by atoms with E-state index < -0.39 is 62.5 Å². The van der Waals surface area contributed by atoms with Crippen LogP contribution in [0.2, 0.25) is 0 Å². The number of amides is 2. The number of carbonyl (C=O) groups is 2. The second-order valence-electron chi connectivity index (χ2n) is 9.73. The number of nitrogens with one attached hydrogen (secondary N) is 2. The smallest absolute Gasteiger partial charge is 0.257 e. The molecule has 2 aromatic carbocycles. The maximum Gasteiger partial charge on any atom is 0.257 e. The van der Waals surface area contributed by atoms with E-state index in [4.69, 9.17) is 5.73 Å². The zero-order valence-corrected chi connectivity index (χ0v) is 21.4. The third-order valence-corrected chi connectivity index (χ3v) is 7.63. The first kappa shape index (κ1) is 27.8. The molecule has 0 radical (unpaired) electrons. The molecule has 3 atom stereocenters. The van der Waals surface area contributed by atoms with Gasteiger partial charge in [-0.1, -0.05) is 0 Å². The fourth-order valence-corrected chi connectivity index (χ4v) is 5.81. The van der Waals surface area contributed by atoms with Gasteiger partial charge in [0.1, 0.15) is 11.4 Å². The topological polar surface area (TPSA) is 122 Å². The first-order valence-electron chi connectivity index (χ1n) is 12.1. The molecule has 1 aliphatic carbocycles. The van der Waals surface area contributed by atoms with E-state index in [2.05, 4.69) is 5.32 Å². The van der Waals surface area contributed by atoms with Gasteiger partial charge in [0.2, 0.25) is 15.9 Å². The summed E-state index contributed by atoms with van der Waals surface area (Å²) in [5, 5.41) is 2.43. The molecule has 8 nitrogen and oxygen atoms in total. The molecule has 4 rings (SSSR count). The average molecular weight is 557 g/mol. The summed E-state index contributed by atoms with van der Waals surface area (Å²) in [5.41, 5.74) is 6.09. The number of hydrogen-bond donors (Lipinski definition) is 3. The van der Waals surface area contributed by atoms with E-state index in [0.29, 0.717) is 43.4 Å². The highest BCUT2D eigenvalue weighted by atomic mass is 32.2. The summed E-state index contributed by atoms with van der Waals surface area (Å²) in [6.45, 7) is 0.322. The predicted molar refractivity (Wildman–Crippen MR) is 132 cm³/mol. The Morgan fingerprint density at radius 1 is 1.11 bits per heavy atom. The van der Waals surface area contributed by atoms with Crippen LogP contribution in [0.1, 0.15) is 53.1 Å². The van der Waals surface area contributed by atoms with Crippen LogP contribution >= 0.6 is 0 Å². The van der Waals surface area contributed by atoms with Crippen LogP contribution in [0.5, 0.6) is 0 Å². The van der Waals surface area contributed by atoms with Gasteiger partial charge >= 0.3 is 0 Å². The summed E-state index contributed by atoms with van der Waals surface area (Å²) >= 11 is 0. The van der Waals surface area contributed by atoms with E-state index in [-0.39, 0.29) is 24.8 Å². The van der Waals surface area contributed by atoms with Gasteiger partial charge < -0.3 is 16.0 Å². The van der Waals surface area contributed by atoms with Crippen LogP contribution in [0.4, 0.5) is 23.2 Å². The largest absolute Gasteiger partial charge is 0.350 e. The van der Waals surface area contributed by atoms with Crippen LogP contribution in [0.25, 0.3) is 0 Å².